The third-order valence-electron chi connectivity index (χ3n) is 4.98. The summed E-state index contributed by atoms with van der Waals surface area (Å²) in [6.45, 7) is 4.63. The van der Waals surface area contributed by atoms with Crippen LogP contribution in [0, 0.1) is 0 Å². The second-order valence-electron chi connectivity index (χ2n) is 7.13. The van der Waals surface area contributed by atoms with Crippen LogP contribution < -0.4 is 15.5 Å². The number of hydrogen-bond acceptors (Lipinski definition) is 6. The number of carbonyl (C=O) groups excluding carboxylic acids is 2. The quantitative estimate of drug-likeness (QED) is 0.701. The van der Waals surface area contributed by atoms with Crippen LogP contribution in [0.1, 0.15) is 16.8 Å². The number of likely N-dealkylation sites (N-methyl/N-ethyl adjacent to an activating group) is 1. The van der Waals surface area contributed by atoms with Gasteiger partial charge in [0.15, 0.2) is 0 Å². The van der Waals surface area contributed by atoms with Gasteiger partial charge in [-0.2, -0.15) is 0 Å². The molecule has 0 aliphatic carbocycles. The second kappa shape index (κ2) is 9.93. The third-order valence-corrected chi connectivity index (χ3v) is 4.98. The van der Waals surface area contributed by atoms with Gasteiger partial charge >= 0.3 is 5.97 Å². The van der Waals surface area contributed by atoms with Crippen molar-refractivity contribution in [3.05, 3.63) is 54.1 Å². The highest BCUT2D eigenvalue weighted by atomic mass is 16.5. The molecule has 0 radical (unpaired) electrons. The van der Waals surface area contributed by atoms with E-state index in [4.69, 9.17) is 4.74 Å². The predicted octanol–water partition coefficient (Wildman–Crippen LogP) is 2.67. The highest BCUT2D eigenvalue weighted by molar-refractivity contribution is 5.91. The summed E-state index contributed by atoms with van der Waals surface area (Å²) in [4.78, 5) is 28.5. The van der Waals surface area contributed by atoms with Crippen LogP contribution in [0.25, 0.3) is 0 Å². The zero-order valence-electron chi connectivity index (χ0n) is 17.0. The molecule has 154 valence electrons. The fourth-order valence-electron chi connectivity index (χ4n) is 3.24. The highest BCUT2D eigenvalue weighted by Gasteiger charge is 2.14. The molecule has 1 heterocycles. The Morgan fingerprint density at radius 1 is 1.00 bits per heavy atom. The minimum absolute atomic E-state index is 0.0611. The first-order valence-electron chi connectivity index (χ1n) is 9.81. The summed E-state index contributed by atoms with van der Waals surface area (Å²) in [5, 5.41) is 6.08. The number of rotatable bonds is 7. The first kappa shape index (κ1) is 20.7. The molecule has 0 atom stereocenters. The van der Waals surface area contributed by atoms with Gasteiger partial charge in [0.05, 0.1) is 12.7 Å². The zero-order chi connectivity index (χ0) is 20.6. The van der Waals surface area contributed by atoms with Crippen LogP contribution in [0.2, 0.25) is 0 Å². The van der Waals surface area contributed by atoms with Crippen LogP contribution >= 0.6 is 0 Å². The number of ether oxygens (including phenoxy) is 1. The van der Waals surface area contributed by atoms with E-state index in [1.165, 1.54) is 12.8 Å². The first-order valence-corrected chi connectivity index (χ1v) is 9.81. The molecule has 1 amide bonds. The molecule has 0 saturated carbocycles. The molecule has 2 aromatic rings. The first-order chi connectivity index (χ1) is 14.0. The van der Waals surface area contributed by atoms with E-state index in [1.807, 2.05) is 18.2 Å². The van der Waals surface area contributed by atoms with Gasteiger partial charge in [0.25, 0.3) is 0 Å². The van der Waals surface area contributed by atoms with Gasteiger partial charge in [-0.3, -0.25) is 4.79 Å². The minimum atomic E-state index is -0.383. The molecule has 0 unspecified atom stereocenters. The van der Waals surface area contributed by atoms with E-state index in [0.29, 0.717) is 18.5 Å². The third kappa shape index (κ3) is 5.96. The monoisotopic (exact) mass is 396 g/mol. The predicted molar refractivity (Wildman–Crippen MR) is 116 cm³/mol. The Bertz CT molecular complexity index is 830. The number of anilines is 3. The Hall–Kier alpha value is -3.06. The molecule has 29 heavy (non-hydrogen) atoms. The van der Waals surface area contributed by atoms with E-state index in [1.54, 1.807) is 18.2 Å². The van der Waals surface area contributed by atoms with Crippen molar-refractivity contribution in [2.24, 2.45) is 0 Å². The number of nitrogens with one attached hydrogen (secondary N) is 2. The number of methoxy groups -OCH3 is 1. The fraction of sp³-hybridized carbons (Fsp3) is 0.364. The normalized spacial score (nSPS) is 14.3. The van der Waals surface area contributed by atoms with E-state index in [0.717, 1.165) is 37.6 Å². The van der Waals surface area contributed by atoms with Crippen molar-refractivity contribution < 1.29 is 14.3 Å². The number of esters is 1. The number of amides is 1. The number of benzene rings is 2. The average molecular weight is 396 g/mol. The summed E-state index contributed by atoms with van der Waals surface area (Å²) < 4.78 is 4.72. The lowest BCUT2D eigenvalue weighted by molar-refractivity contribution is -0.115. The molecule has 1 fully saturated rings. The molecule has 2 N–H and O–H groups in total. The number of carbonyl (C=O) groups is 2. The SMILES string of the molecule is COC(=O)c1cccc(NCCC(=O)Nc2ccc(N3CCN(C)CC3)cc2)c1. The van der Waals surface area contributed by atoms with Crippen LogP contribution in [0.15, 0.2) is 48.5 Å². The second-order valence-corrected chi connectivity index (χ2v) is 7.13. The summed E-state index contributed by atoms with van der Waals surface area (Å²) in [7, 11) is 3.49. The number of piperazine rings is 1. The molecule has 0 aromatic heterocycles. The summed E-state index contributed by atoms with van der Waals surface area (Å²) in [5.74, 6) is -0.444. The van der Waals surface area contributed by atoms with Gasteiger partial charge in [-0.05, 0) is 49.5 Å². The van der Waals surface area contributed by atoms with Gasteiger partial charge in [-0.15, -0.1) is 0 Å². The molecule has 1 aliphatic heterocycles. The van der Waals surface area contributed by atoms with E-state index in [2.05, 4.69) is 39.6 Å². The zero-order valence-corrected chi connectivity index (χ0v) is 17.0. The van der Waals surface area contributed by atoms with Crippen LogP contribution in [-0.2, 0) is 9.53 Å². The summed E-state index contributed by atoms with van der Waals surface area (Å²) >= 11 is 0. The van der Waals surface area contributed by atoms with Gasteiger partial charge < -0.3 is 25.2 Å². The van der Waals surface area contributed by atoms with Crippen molar-refractivity contribution in [2.75, 3.05) is 62.4 Å². The minimum Gasteiger partial charge on any atom is -0.465 e. The molecule has 1 aliphatic rings. The van der Waals surface area contributed by atoms with Gasteiger partial charge in [-0.25, -0.2) is 4.79 Å². The van der Waals surface area contributed by atoms with Crippen LogP contribution in [-0.4, -0.2) is 63.7 Å². The van der Waals surface area contributed by atoms with Gasteiger partial charge in [0.2, 0.25) is 5.91 Å². The van der Waals surface area contributed by atoms with Crippen molar-refractivity contribution in [3.8, 4) is 0 Å². The van der Waals surface area contributed by atoms with E-state index < -0.39 is 0 Å². The van der Waals surface area contributed by atoms with E-state index in [-0.39, 0.29) is 11.9 Å². The molecule has 1 saturated heterocycles. The molecule has 0 spiro atoms. The summed E-state index contributed by atoms with van der Waals surface area (Å²) in [6, 6.07) is 15.0. The average Bonchev–Trinajstić information content (AvgIpc) is 2.74. The molecule has 7 heteroatoms. The molecule has 0 bridgehead atoms. The smallest absolute Gasteiger partial charge is 0.337 e. The van der Waals surface area contributed by atoms with Crippen LogP contribution in [0.4, 0.5) is 17.1 Å². The lowest BCUT2D eigenvalue weighted by atomic mass is 10.2. The lowest BCUT2D eigenvalue weighted by Crippen LogP contribution is -2.44. The Balaban J connectivity index is 1.44. The topological polar surface area (TPSA) is 73.9 Å². The van der Waals surface area contributed by atoms with Crippen LogP contribution in [0.5, 0.6) is 0 Å². The van der Waals surface area contributed by atoms with Crippen LogP contribution in [0.3, 0.4) is 0 Å². The van der Waals surface area contributed by atoms with Gasteiger partial charge in [0.1, 0.15) is 0 Å². The maximum absolute atomic E-state index is 12.2. The lowest BCUT2D eigenvalue weighted by Gasteiger charge is -2.34. The maximum atomic E-state index is 12.2. The molecule has 3 rings (SSSR count). The largest absolute Gasteiger partial charge is 0.465 e. The molecular weight excluding hydrogens is 368 g/mol. The molecule has 7 nitrogen and oxygen atoms in total. The van der Waals surface area contributed by atoms with Crippen molar-refractivity contribution in [1.82, 2.24) is 4.90 Å². The Morgan fingerprint density at radius 2 is 1.72 bits per heavy atom. The summed E-state index contributed by atoms with van der Waals surface area (Å²) in [5.41, 5.74) is 3.23. The Labute approximate surface area is 171 Å². The van der Waals surface area contributed by atoms with Crippen molar-refractivity contribution in [2.45, 2.75) is 6.42 Å². The Kier molecular flexibility index (Phi) is 7.08. The Morgan fingerprint density at radius 3 is 2.41 bits per heavy atom. The summed E-state index contributed by atoms with van der Waals surface area (Å²) in [6.07, 6.45) is 0.322. The van der Waals surface area contributed by atoms with Gasteiger partial charge in [-0.1, -0.05) is 6.07 Å². The van der Waals surface area contributed by atoms with Crippen molar-refractivity contribution >= 4 is 28.9 Å². The van der Waals surface area contributed by atoms with E-state index in [9.17, 15) is 9.59 Å². The molecule has 2 aromatic carbocycles. The number of hydrogen-bond donors (Lipinski definition) is 2. The van der Waals surface area contributed by atoms with Gasteiger partial charge in [0, 0.05) is 56.2 Å². The van der Waals surface area contributed by atoms with Crippen molar-refractivity contribution in [3.63, 3.8) is 0 Å². The number of nitrogens with zero attached hydrogens (tertiary/aromatic N) is 2. The standard InChI is InChI=1S/C22H28N4O3/c1-25-12-14-26(15-13-25)20-8-6-18(7-9-20)24-21(27)10-11-23-19-5-3-4-17(16-19)22(28)29-2/h3-9,16,23H,10-15H2,1-2H3,(H,24,27). The molecular formula is C22H28N4O3. The maximum Gasteiger partial charge on any atom is 0.337 e. The van der Waals surface area contributed by atoms with Crippen molar-refractivity contribution in [1.29, 1.82) is 0 Å². The highest BCUT2D eigenvalue weighted by Crippen LogP contribution is 2.19. The van der Waals surface area contributed by atoms with E-state index >= 15 is 0 Å². The fourth-order valence-corrected chi connectivity index (χ4v) is 3.24.